The van der Waals surface area contributed by atoms with E-state index in [0.717, 1.165) is 17.9 Å². The summed E-state index contributed by atoms with van der Waals surface area (Å²) in [6.07, 6.45) is 1.97. The van der Waals surface area contributed by atoms with Gasteiger partial charge in [0.1, 0.15) is 0 Å². The summed E-state index contributed by atoms with van der Waals surface area (Å²) in [5, 5.41) is 9.57. The van der Waals surface area contributed by atoms with Gasteiger partial charge in [-0.3, -0.25) is 0 Å². The van der Waals surface area contributed by atoms with E-state index in [4.69, 9.17) is 16.9 Å². The number of nitriles is 1. The SMILES string of the molecule is N#Cc1ccc(CCc2ccc(-c3ccc(Cl)cc3)cc2)cc1. The molecule has 23 heavy (non-hydrogen) atoms. The third kappa shape index (κ3) is 4.00. The Bertz CT molecular complexity index is 810. The first kappa shape index (κ1) is 15.3. The Labute approximate surface area is 141 Å². The average molecular weight is 318 g/mol. The highest BCUT2D eigenvalue weighted by molar-refractivity contribution is 6.30. The maximum atomic E-state index is 8.81. The highest BCUT2D eigenvalue weighted by Gasteiger charge is 2.00. The normalized spacial score (nSPS) is 10.3. The predicted molar refractivity (Wildman–Crippen MR) is 95.5 cm³/mol. The van der Waals surface area contributed by atoms with Gasteiger partial charge in [-0.05, 0) is 59.4 Å². The van der Waals surface area contributed by atoms with Crippen molar-refractivity contribution in [2.45, 2.75) is 12.8 Å². The van der Waals surface area contributed by atoms with E-state index in [2.05, 4.69) is 30.3 Å². The molecule has 0 atom stereocenters. The zero-order valence-electron chi connectivity index (χ0n) is 12.7. The molecular weight excluding hydrogens is 302 g/mol. The molecule has 0 N–H and O–H groups in total. The van der Waals surface area contributed by atoms with E-state index in [9.17, 15) is 0 Å². The Morgan fingerprint density at radius 3 is 1.57 bits per heavy atom. The lowest BCUT2D eigenvalue weighted by atomic mass is 10.00. The van der Waals surface area contributed by atoms with Crippen LogP contribution in [0, 0.1) is 11.3 Å². The Balaban J connectivity index is 1.65. The molecule has 0 saturated carbocycles. The first-order chi connectivity index (χ1) is 11.2. The predicted octanol–water partition coefficient (Wildman–Crippen LogP) is 5.66. The van der Waals surface area contributed by atoms with Crippen LogP contribution in [0.1, 0.15) is 16.7 Å². The van der Waals surface area contributed by atoms with Gasteiger partial charge in [0, 0.05) is 5.02 Å². The van der Waals surface area contributed by atoms with Crippen molar-refractivity contribution in [2.24, 2.45) is 0 Å². The zero-order valence-corrected chi connectivity index (χ0v) is 13.4. The van der Waals surface area contributed by atoms with E-state index in [1.54, 1.807) is 0 Å². The fraction of sp³-hybridized carbons (Fsp3) is 0.0952. The topological polar surface area (TPSA) is 23.8 Å². The van der Waals surface area contributed by atoms with Gasteiger partial charge in [-0.1, -0.05) is 60.1 Å². The van der Waals surface area contributed by atoms with Crippen LogP contribution in [0.2, 0.25) is 5.02 Å². The van der Waals surface area contributed by atoms with Crippen LogP contribution in [0.5, 0.6) is 0 Å². The van der Waals surface area contributed by atoms with Crippen LogP contribution >= 0.6 is 11.6 Å². The summed E-state index contributed by atoms with van der Waals surface area (Å²) in [6, 6.07) is 26.5. The van der Waals surface area contributed by atoms with Crippen molar-refractivity contribution in [3.05, 3.63) is 94.5 Å². The molecular formula is C21H16ClN. The number of nitrogens with zero attached hydrogens (tertiary/aromatic N) is 1. The molecule has 0 aliphatic rings. The van der Waals surface area contributed by atoms with E-state index in [0.29, 0.717) is 5.56 Å². The molecule has 0 aliphatic carbocycles. The minimum Gasteiger partial charge on any atom is -0.192 e. The summed E-state index contributed by atoms with van der Waals surface area (Å²) in [5.41, 5.74) is 5.65. The molecule has 0 bridgehead atoms. The molecule has 112 valence electrons. The fourth-order valence-electron chi connectivity index (χ4n) is 2.54. The molecule has 0 unspecified atom stereocenters. The van der Waals surface area contributed by atoms with Crippen molar-refractivity contribution in [3.8, 4) is 17.2 Å². The highest BCUT2D eigenvalue weighted by Crippen LogP contribution is 2.22. The zero-order chi connectivity index (χ0) is 16.1. The second kappa shape index (κ2) is 7.13. The number of aryl methyl sites for hydroxylation is 2. The van der Waals surface area contributed by atoms with Crippen LogP contribution in [0.4, 0.5) is 0 Å². The first-order valence-electron chi connectivity index (χ1n) is 7.58. The maximum absolute atomic E-state index is 8.81. The van der Waals surface area contributed by atoms with Crippen molar-refractivity contribution in [2.75, 3.05) is 0 Å². The van der Waals surface area contributed by atoms with Crippen LogP contribution in [0.15, 0.2) is 72.8 Å². The second-order valence-electron chi connectivity index (χ2n) is 5.51. The van der Waals surface area contributed by atoms with E-state index in [1.807, 2.05) is 48.5 Å². The molecule has 0 fully saturated rings. The Kier molecular flexibility index (Phi) is 4.76. The molecule has 0 amide bonds. The monoisotopic (exact) mass is 317 g/mol. The molecule has 0 aliphatic heterocycles. The van der Waals surface area contributed by atoms with Crippen LogP contribution in [-0.2, 0) is 12.8 Å². The summed E-state index contributed by atoms with van der Waals surface area (Å²) in [6.45, 7) is 0. The number of benzene rings is 3. The Hall–Kier alpha value is -2.56. The smallest absolute Gasteiger partial charge is 0.0991 e. The van der Waals surface area contributed by atoms with E-state index in [1.165, 1.54) is 22.3 Å². The lowest BCUT2D eigenvalue weighted by molar-refractivity contribution is 0.960. The largest absolute Gasteiger partial charge is 0.192 e. The second-order valence-corrected chi connectivity index (χ2v) is 5.95. The molecule has 0 radical (unpaired) electrons. The van der Waals surface area contributed by atoms with Gasteiger partial charge in [-0.25, -0.2) is 0 Å². The first-order valence-corrected chi connectivity index (χ1v) is 7.96. The lowest BCUT2D eigenvalue weighted by Crippen LogP contribution is -1.91. The van der Waals surface area contributed by atoms with Gasteiger partial charge in [0.2, 0.25) is 0 Å². The van der Waals surface area contributed by atoms with Crippen LogP contribution in [0.25, 0.3) is 11.1 Å². The van der Waals surface area contributed by atoms with E-state index in [-0.39, 0.29) is 0 Å². The lowest BCUT2D eigenvalue weighted by Gasteiger charge is -2.05. The van der Waals surface area contributed by atoms with Crippen molar-refractivity contribution in [1.29, 1.82) is 5.26 Å². The maximum Gasteiger partial charge on any atom is 0.0991 e. The van der Waals surface area contributed by atoms with Gasteiger partial charge in [-0.2, -0.15) is 5.26 Å². The van der Waals surface area contributed by atoms with Crippen LogP contribution in [-0.4, -0.2) is 0 Å². The average Bonchev–Trinajstić information content (AvgIpc) is 2.61. The van der Waals surface area contributed by atoms with Gasteiger partial charge < -0.3 is 0 Å². The molecule has 2 heteroatoms. The number of halogens is 1. The summed E-state index contributed by atoms with van der Waals surface area (Å²) in [5.74, 6) is 0. The minimum atomic E-state index is 0.709. The highest BCUT2D eigenvalue weighted by atomic mass is 35.5. The summed E-state index contributed by atoms with van der Waals surface area (Å²) >= 11 is 5.93. The molecule has 0 aromatic heterocycles. The van der Waals surface area contributed by atoms with Crippen molar-refractivity contribution in [1.82, 2.24) is 0 Å². The minimum absolute atomic E-state index is 0.709. The molecule has 1 nitrogen and oxygen atoms in total. The third-order valence-corrected chi connectivity index (χ3v) is 4.17. The van der Waals surface area contributed by atoms with Crippen molar-refractivity contribution in [3.63, 3.8) is 0 Å². The van der Waals surface area contributed by atoms with Gasteiger partial charge in [0.25, 0.3) is 0 Å². The molecule has 3 rings (SSSR count). The van der Waals surface area contributed by atoms with Crippen molar-refractivity contribution >= 4 is 11.6 Å². The molecule has 3 aromatic rings. The van der Waals surface area contributed by atoms with Gasteiger partial charge in [0.15, 0.2) is 0 Å². The van der Waals surface area contributed by atoms with E-state index >= 15 is 0 Å². The molecule has 0 spiro atoms. The quantitative estimate of drug-likeness (QED) is 0.608. The van der Waals surface area contributed by atoms with Crippen molar-refractivity contribution < 1.29 is 0 Å². The number of rotatable bonds is 4. The standard InChI is InChI=1S/C21H16ClN/c22-21-13-11-20(12-14-21)19-9-7-17(8-10-19)2-1-16-3-5-18(15-23)6-4-16/h3-14H,1-2H2. The number of hydrogen-bond acceptors (Lipinski definition) is 1. The van der Waals surface area contributed by atoms with Crippen LogP contribution in [0.3, 0.4) is 0 Å². The van der Waals surface area contributed by atoms with Crippen LogP contribution < -0.4 is 0 Å². The van der Waals surface area contributed by atoms with E-state index < -0.39 is 0 Å². The number of hydrogen-bond donors (Lipinski definition) is 0. The van der Waals surface area contributed by atoms with Gasteiger partial charge >= 0.3 is 0 Å². The Morgan fingerprint density at radius 1 is 0.652 bits per heavy atom. The summed E-state index contributed by atoms with van der Waals surface area (Å²) in [4.78, 5) is 0. The Morgan fingerprint density at radius 2 is 1.09 bits per heavy atom. The summed E-state index contributed by atoms with van der Waals surface area (Å²) in [7, 11) is 0. The molecule has 3 aromatic carbocycles. The third-order valence-electron chi connectivity index (χ3n) is 3.92. The van der Waals surface area contributed by atoms with Gasteiger partial charge in [0.05, 0.1) is 11.6 Å². The molecule has 0 saturated heterocycles. The fourth-order valence-corrected chi connectivity index (χ4v) is 2.67. The van der Waals surface area contributed by atoms with Gasteiger partial charge in [-0.15, -0.1) is 0 Å². The molecule has 0 heterocycles. The summed E-state index contributed by atoms with van der Waals surface area (Å²) < 4.78 is 0.